The predicted molar refractivity (Wildman–Crippen MR) is 71.3 cm³/mol. The number of fused-ring (bicyclic) bond motifs is 2. The Balaban J connectivity index is 1.85. The molecule has 3 atom stereocenters. The van der Waals surface area contributed by atoms with Crippen LogP contribution in [0.25, 0.3) is 0 Å². The molecule has 3 heteroatoms. The maximum atomic E-state index is 5.90. The highest BCUT2D eigenvalue weighted by Crippen LogP contribution is 2.29. The van der Waals surface area contributed by atoms with E-state index in [1.165, 1.54) is 25.8 Å². The molecule has 0 radical (unpaired) electrons. The largest absolute Gasteiger partial charge is 0.372 e. The summed E-state index contributed by atoms with van der Waals surface area (Å²) in [5.41, 5.74) is 0.410. The molecule has 0 aromatic heterocycles. The second-order valence-electron chi connectivity index (χ2n) is 6.10. The van der Waals surface area contributed by atoms with Crippen LogP contribution in [0.3, 0.4) is 0 Å². The monoisotopic (exact) mass is 240 g/mol. The van der Waals surface area contributed by atoms with Crippen LogP contribution in [-0.2, 0) is 4.74 Å². The van der Waals surface area contributed by atoms with E-state index >= 15 is 0 Å². The highest BCUT2D eigenvalue weighted by molar-refractivity contribution is 4.88. The molecule has 17 heavy (non-hydrogen) atoms. The van der Waals surface area contributed by atoms with Crippen LogP contribution < -0.4 is 5.32 Å². The van der Waals surface area contributed by atoms with Crippen LogP contribution in [0, 0.1) is 5.41 Å². The van der Waals surface area contributed by atoms with Gasteiger partial charge in [0.1, 0.15) is 0 Å². The fraction of sp³-hybridized carbons (Fsp3) is 1.00. The summed E-state index contributed by atoms with van der Waals surface area (Å²) in [5.74, 6) is 0. The first-order valence-corrected chi connectivity index (χ1v) is 7.24. The minimum Gasteiger partial charge on any atom is -0.372 e. The van der Waals surface area contributed by atoms with E-state index in [0.717, 1.165) is 26.2 Å². The zero-order valence-corrected chi connectivity index (χ0v) is 11.7. The average Bonchev–Trinajstić information content (AvgIpc) is 2.66. The third kappa shape index (κ3) is 3.43. The van der Waals surface area contributed by atoms with E-state index in [2.05, 4.69) is 31.0 Å². The topological polar surface area (TPSA) is 24.5 Å². The normalized spacial score (nSPS) is 32.6. The summed E-state index contributed by atoms with van der Waals surface area (Å²) in [6.45, 7) is 12.6. The van der Waals surface area contributed by atoms with Crippen molar-refractivity contribution in [1.82, 2.24) is 10.2 Å². The fourth-order valence-electron chi connectivity index (χ4n) is 3.09. The standard InChI is InChI=1S/C14H28N2O/c1-4-14(3,10-15-5-2)11-16-8-12-6-7-13(9-16)17-12/h12-13,15H,4-11H2,1-3H3. The summed E-state index contributed by atoms with van der Waals surface area (Å²) in [7, 11) is 0. The predicted octanol–water partition coefficient (Wildman–Crippen LogP) is 1.88. The maximum Gasteiger partial charge on any atom is 0.0707 e. The van der Waals surface area contributed by atoms with Crippen molar-refractivity contribution in [3.8, 4) is 0 Å². The highest BCUT2D eigenvalue weighted by Gasteiger charge is 2.36. The quantitative estimate of drug-likeness (QED) is 0.767. The van der Waals surface area contributed by atoms with E-state index in [4.69, 9.17) is 4.74 Å². The van der Waals surface area contributed by atoms with Crippen LogP contribution in [0.15, 0.2) is 0 Å². The highest BCUT2D eigenvalue weighted by atomic mass is 16.5. The molecule has 2 fully saturated rings. The van der Waals surface area contributed by atoms with Gasteiger partial charge >= 0.3 is 0 Å². The van der Waals surface area contributed by atoms with Crippen molar-refractivity contribution in [3.05, 3.63) is 0 Å². The molecule has 0 aromatic carbocycles. The van der Waals surface area contributed by atoms with Gasteiger partial charge < -0.3 is 10.1 Å². The lowest BCUT2D eigenvalue weighted by Crippen LogP contribution is -2.49. The molecule has 0 saturated carbocycles. The Bertz CT molecular complexity index is 234. The van der Waals surface area contributed by atoms with Crippen LogP contribution in [0.1, 0.15) is 40.0 Å². The summed E-state index contributed by atoms with van der Waals surface area (Å²) in [6.07, 6.45) is 4.84. The fourth-order valence-corrected chi connectivity index (χ4v) is 3.09. The minimum absolute atomic E-state index is 0.410. The van der Waals surface area contributed by atoms with Crippen molar-refractivity contribution in [2.24, 2.45) is 5.41 Å². The van der Waals surface area contributed by atoms with Crippen LogP contribution in [0.4, 0.5) is 0 Å². The van der Waals surface area contributed by atoms with Crippen LogP contribution in [0.2, 0.25) is 0 Å². The zero-order valence-electron chi connectivity index (χ0n) is 11.7. The van der Waals surface area contributed by atoms with Gasteiger partial charge in [0, 0.05) is 26.2 Å². The van der Waals surface area contributed by atoms with Crippen LogP contribution in [-0.4, -0.2) is 49.8 Å². The number of nitrogens with one attached hydrogen (secondary N) is 1. The summed E-state index contributed by atoms with van der Waals surface area (Å²) >= 11 is 0. The number of likely N-dealkylation sites (tertiary alicyclic amines) is 1. The van der Waals surface area contributed by atoms with E-state index in [1.807, 2.05) is 0 Å². The Hall–Kier alpha value is -0.120. The van der Waals surface area contributed by atoms with Gasteiger partial charge in [-0.05, 0) is 31.2 Å². The van der Waals surface area contributed by atoms with E-state index in [1.54, 1.807) is 0 Å². The number of morpholine rings is 1. The van der Waals surface area contributed by atoms with Crippen molar-refractivity contribution >= 4 is 0 Å². The Labute approximate surface area is 106 Å². The van der Waals surface area contributed by atoms with E-state index in [-0.39, 0.29) is 0 Å². The van der Waals surface area contributed by atoms with E-state index in [0.29, 0.717) is 17.6 Å². The van der Waals surface area contributed by atoms with Gasteiger partial charge in [-0.2, -0.15) is 0 Å². The van der Waals surface area contributed by atoms with Gasteiger partial charge in [0.05, 0.1) is 12.2 Å². The first-order valence-electron chi connectivity index (χ1n) is 7.24. The SMILES string of the molecule is CCNCC(C)(CC)CN1CC2CCC(C1)O2. The molecular weight excluding hydrogens is 212 g/mol. The molecule has 3 unspecified atom stereocenters. The molecule has 2 aliphatic heterocycles. The number of hydrogen-bond acceptors (Lipinski definition) is 3. The number of rotatable bonds is 6. The van der Waals surface area contributed by atoms with E-state index in [9.17, 15) is 0 Å². The number of ether oxygens (including phenoxy) is 1. The molecule has 100 valence electrons. The van der Waals surface area contributed by atoms with Gasteiger partial charge in [-0.25, -0.2) is 0 Å². The second kappa shape index (κ2) is 5.68. The molecule has 0 spiro atoms. The van der Waals surface area contributed by atoms with Crippen molar-refractivity contribution < 1.29 is 4.74 Å². The van der Waals surface area contributed by atoms with Gasteiger partial charge in [0.25, 0.3) is 0 Å². The zero-order chi connectivity index (χ0) is 12.3. The molecule has 1 N–H and O–H groups in total. The van der Waals surface area contributed by atoms with Gasteiger partial charge in [-0.3, -0.25) is 4.90 Å². The van der Waals surface area contributed by atoms with Crippen LogP contribution >= 0.6 is 0 Å². The Morgan fingerprint density at radius 1 is 1.24 bits per heavy atom. The summed E-state index contributed by atoms with van der Waals surface area (Å²) in [4.78, 5) is 2.63. The molecule has 2 heterocycles. The summed E-state index contributed by atoms with van der Waals surface area (Å²) in [6, 6.07) is 0. The van der Waals surface area contributed by atoms with Gasteiger partial charge in [0.15, 0.2) is 0 Å². The summed E-state index contributed by atoms with van der Waals surface area (Å²) in [5, 5.41) is 3.51. The van der Waals surface area contributed by atoms with Crippen molar-refractivity contribution in [3.63, 3.8) is 0 Å². The molecule has 2 saturated heterocycles. The van der Waals surface area contributed by atoms with Crippen molar-refractivity contribution in [1.29, 1.82) is 0 Å². The smallest absolute Gasteiger partial charge is 0.0707 e. The molecule has 2 bridgehead atoms. The molecule has 2 aliphatic rings. The Kier molecular flexibility index (Phi) is 4.45. The van der Waals surface area contributed by atoms with Crippen LogP contribution in [0.5, 0.6) is 0 Å². The molecule has 0 aliphatic carbocycles. The molecule has 0 amide bonds. The molecule has 2 rings (SSSR count). The van der Waals surface area contributed by atoms with Crippen molar-refractivity contribution in [2.75, 3.05) is 32.7 Å². The third-order valence-electron chi connectivity index (χ3n) is 4.38. The molecular formula is C14H28N2O. The maximum absolute atomic E-state index is 5.90. The second-order valence-corrected chi connectivity index (χ2v) is 6.10. The van der Waals surface area contributed by atoms with E-state index < -0.39 is 0 Å². The number of hydrogen-bond donors (Lipinski definition) is 1. The lowest BCUT2D eigenvalue weighted by atomic mass is 9.86. The van der Waals surface area contributed by atoms with Gasteiger partial charge in [0.2, 0.25) is 0 Å². The minimum atomic E-state index is 0.410. The molecule has 0 aromatic rings. The average molecular weight is 240 g/mol. The number of nitrogens with zero attached hydrogens (tertiary/aromatic N) is 1. The Morgan fingerprint density at radius 2 is 1.88 bits per heavy atom. The first kappa shape index (κ1) is 13.3. The van der Waals surface area contributed by atoms with Gasteiger partial charge in [-0.1, -0.05) is 20.8 Å². The third-order valence-corrected chi connectivity index (χ3v) is 4.38. The lowest BCUT2D eigenvalue weighted by Gasteiger charge is -2.39. The van der Waals surface area contributed by atoms with Gasteiger partial charge in [-0.15, -0.1) is 0 Å². The van der Waals surface area contributed by atoms with Crippen molar-refractivity contribution in [2.45, 2.75) is 52.2 Å². The first-order chi connectivity index (χ1) is 8.15. The molecule has 3 nitrogen and oxygen atoms in total. The lowest BCUT2D eigenvalue weighted by molar-refractivity contribution is -0.0493. The Morgan fingerprint density at radius 3 is 2.41 bits per heavy atom. The summed E-state index contributed by atoms with van der Waals surface area (Å²) < 4.78 is 5.90.